The molecular weight excluding hydrogens is 765 g/mol. The lowest BCUT2D eigenvalue weighted by Crippen LogP contribution is -2.39. The fraction of sp³-hybridized carbons (Fsp3) is 0.424. The van der Waals surface area contributed by atoms with Crippen molar-refractivity contribution >= 4 is 58.5 Å². The van der Waals surface area contributed by atoms with Gasteiger partial charge in [0.15, 0.2) is 5.82 Å². The Morgan fingerprint density at radius 1 is 0.907 bits per heavy atom. The highest BCUT2D eigenvalue weighted by atomic mass is 35.5. The molecule has 0 aliphatic carbocycles. The van der Waals surface area contributed by atoms with E-state index in [0.717, 1.165) is 68.8 Å². The molecule has 0 spiro atoms. The Kier molecular flexibility index (Phi) is 14.9. The second-order valence-electron chi connectivity index (χ2n) is 12.2. The molecule has 2 N–H and O–H groups in total. The third-order valence-electron chi connectivity index (χ3n) is 7.87. The number of benzene rings is 1. The van der Waals surface area contributed by atoms with Crippen LogP contribution in [0.2, 0.25) is 5.02 Å². The van der Waals surface area contributed by atoms with Gasteiger partial charge in [-0.05, 0) is 73.5 Å². The number of nitrogens with one attached hydrogen (secondary N) is 2. The number of likely N-dealkylation sites (tertiary alicyclic amines) is 1. The number of alkyl halides is 9. The van der Waals surface area contributed by atoms with Gasteiger partial charge in [0.1, 0.15) is 5.02 Å². The Bertz CT molecular complexity index is 1770. The number of hydrogen-bond donors (Lipinski definition) is 2. The summed E-state index contributed by atoms with van der Waals surface area (Å²) in [6, 6.07) is 8.59. The molecule has 54 heavy (non-hydrogen) atoms. The van der Waals surface area contributed by atoms with Gasteiger partial charge in [0.2, 0.25) is 18.1 Å². The number of ketones is 2. The minimum atomic E-state index is -5.77. The highest BCUT2D eigenvalue weighted by Gasteiger charge is 2.54. The number of fused-ring (bicyclic) bond motifs is 6. The monoisotopic (exact) mass is 797 g/mol. The summed E-state index contributed by atoms with van der Waals surface area (Å²) in [4.78, 5) is 57.2. The van der Waals surface area contributed by atoms with Crippen LogP contribution >= 0.6 is 11.6 Å². The molecule has 0 saturated carbocycles. The molecule has 1 fully saturated rings. The molecule has 5 rings (SSSR count). The molecule has 2 aliphatic rings. The minimum Gasteiger partial charge on any atom is -0.343 e. The van der Waals surface area contributed by atoms with E-state index in [1.807, 2.05) is 11.1 Å². The summed E-state index contributed by atoms with van der Waals surface area (Å²) < 4.78 is 98.2. The third kappa shape index (κ3) is 13.9. The van der Waals surface area contributed by atoms with Crippen molar-refractivity contribution in [2.75, 3.05) is 37.3 Å². The highest BCUT2D eigenvalue weighted by Crippen LogP contribution is 2.29. The number of hydrogen-bond acceptors (Lipinski definition) is 10. The second-order valence-corrected chi connectivity index (χ2v) is 12.6. The van der Waals surface area contributed by atoms with Gasteiger partial charge in [-0.15, -0.1) is 0 Å². The van der Waals surface area contributed by atoms with E-state index in [-0.39, 0.29) is 5.91 Å². The van der Waals surface area contributed by atoms with Crippen LogP contribution in [0.1, 0.15) is 36.5 Å². The van der Waals surface area contributed by atoms with Gasteiger partial charge in [-0.25, -0.2) is 4.98 Å². The zero-order chi connectivity index (χ0) is 40.4. The first-order valence-electron chi connectivity index (χ1n) is 15.9. The summed E-state index contributed by atoms with van der Waals surface area (Å²) in [6.45, 7) is 5.31. The fourth-order valence-corrected chi connectivity index (χ4v) is 5.47. The smallest absolute Gasteiger partial charge is 0.343 e. The summed E-state index contributed by atoms with van der Waals surface area (Å²) in [5.74, 6) is -4.98. The molecule has 0 atom stereocenters. The predicted octanol–water partition coefficient (Wildman–Crippen LogP) is 6.80. The normalized spacial score (nSPS) is 14.6. The molecule has 3 aromatic rings. The lowest BCUT2D eigenvalue weighted by molar-refractivity contribution is -0.193. The number of pyridine rings is 1. The average molecular weight is 798 g/mol. The van der Waals surface area contributed by atoms with E-state index in [1.54, 1.807) is 19.3 Å². The second kappa shape index (κ2) is 18.5. The number of halogens is 10. The number of Topliss-reactive ketones (excluding diaryl/α,β-unsaturated/α-hetero) is 2. The Morgan fingerprint density at radius 2 is 1.52 bits per heavy atom. The number of aromatic nitrogens is 3. The molecule has 1 saturated heterocycles. The van der Waals surface area contributed by atoms with Gasteiger partial charge >= 0.3 is 30.1 Å². The summed E-state index contributed by atoms with van der Waals surface area (Å²) in [5.41, 5.74) is 5.56. The Morgan fingerprint density at radius 3 is 2.07 bits per heavy atom. The minimum absolute atomic E-state index is 0.187. The maximum atomic E-state index is 11.6. The van der Waals surface area contributed by atoms with Crippen LogP contribution in [0.25, 0.3) is 0 Å². The van der Waals surface area contributed by atoms with Crippen molar-refractivity contribution in [3.05, 3.63) is 64.6 Å². The summed E-state index contributed by atoms with van der Waals surface area (Å²) >= 11 is 6.40. The zero-order valence-electron chi connectivity index (χ0n) is 28.5. The third-order valence-corrected chi connectivity index (χ3v) is 8.15. The molecule has 0 radical (unpaired) electrons. The summed E-state index contributed by atoms with van der Waals surface area (Å²) in [6.07, 6.45) is -8.04. The molecule has 2 aromatic heterocycles. The number of nitrogens with zero attached hydrogens (tertiary/aromatic N) is 5. The van der Waals surface area contributed by atoms with E-state index in [4.69, 9.17) is 16.4 Å². The van der Waals surface area contributed by atoms with Crippen LogP contribution in [-0.2, 0) is 38.6 Å². The largest absolute Gasteiger partial charge is 0.458 e. The molecule has 21 heteroatoms. The molecule has 0 unspecified atom stereocenters. The van der Waals surface area contributed by atoms with Crippen LogP contribution in [0.4, 0.5) is 62.7 Å². The molecule has 6 bridgehead atoms. The summed E-state index contributed by atoms with van der Waals surface area (Å²) in [7, 11) is 2.19. The van der Waals surface area contributed by atoms with Gasteiger partial charge in [-0.1, -0.05) is 17.7 Å². The molecule has 2 aliphatic heterocycles. The van der Waals surface area contributed by atoms with E-state index >= 15 is 0 Å². The fourth-order valence-electron chi connectivity index (χ4n) is 5.33. The van der Waals surface area contributed by atoms with E-state index in [0.29, 0.717) is 22.7 Å². The number of anilines is 4. The maximum Gasteiger partial charge on any atom is 0.458 e. The van der Waals surface area contributed by atoms with Crippen LogP contribution < -0.4 is 10.6 Å². The lowest BCUT2D eigenvalue weighted by atomic mass is 9.95. The van der Waals surface area contributed by atoms with Crippen LogP contribution in [0.15, 0.2) is 42.9 Å². The van der Waals surface area contributed by atoms with Gasteiger partial charge in [0.05, 0.1) is 18.1 Å². The van der Waals surface area contributed by atoms with Crippen molar-refractivity contribution in [2.24, 2.45) is 5.92 Å². The van der Waals surface area contributed by atoms with Crippen LogP contribution in [0.5, 0.6) is 0 Å². The predicted molar refractivity (Wildman–Crippen MR) is 177 cm³/mol. The first kappa shape index (κ1) is 43.6. The van der Waals surface area contributed by atoms with Crippen molar-refractivity contribution in [1.82, 2.24) is 24.8 Å². The van der Waals surface area contributed by atoms with Gasteiger partial charge in [0, 0.05) is 45.0 Å². The maximum absolute atomic E-state index is 11.6. The molecule has 4 heterocycles. The standard InChI is InChI=1S/C27H32ClN7O.C4F6O2.C2HF3O/c1-18(36)35-9-7-19(8-10-35)16-34(2)17-22-5-6-23-12-21(22)4-3-20-11-24(14-29-13-20)32-27-30-15-25(28)26(31-23)33-27;5-3(6,7)1(11)2(12)4(8,9)10;3-2(4,5)1-6/h5-6,11-15,19H,3-4,7-10,16-17H2,1-2H3,(H2,30,31,32,33);;1H. The number of amides is 1. The first-order valence-corrected chi connectivity index (χ1v) is 16.3. The van der Waals surface area contributed by atoms with Crippen molar-refractivity contribution in [2.45, 2.75) is 57.7 Å². The van der Waals surface area contributed by atoms with Crippen LogP contribution in [0, 0.1) is 5.92 Å². The Hall–Kier alpha value is -4.85. The molecular formula is C33H33ClF9N7O4. The number of carbonyl (C=O) groups excluding carboxylic acids is 4. The number of rotatable bonds is 5. The average Bonchev–Trinajstić information content (AvgIpc) is 3.09. The molecule has 1 aromatic carbocycles. The van der Waals surface area contributed by atoms with Crippen molar-refractivity contribution in [3.63, 3.8) is 0 Å². The van der Waals surface area contributed by atoms with E-state index < -0.39 is 36.4 Å². The number of carbonyl (C=O) groups is 4. The number of aldehydes is 1. The Balaban J connectivity index is 0.000000362. The quantitative estimate of drug-likeness (QED) is 0.161. The summed E-state index contributed by atoms with van der Waals surface area (Å²) in [5, 5.41) is 7.06. The van der Waals surface area contributed by atoms with Gasteiger partial charge in [-0.2, -0.15) is 44.5 Å². The van der Waals surface area contributed by atoms with Crippen LogP contribution in [-0.4, -0.2) is 93.7 Å². The van der Waals surface area contributed by atoms with Crippen molar-refractivity contribution in [3.8, 4) is 0 Å². The SMILES string of the molecule is CC(=O)N1CCC(CN(C)Cc2ccc3cc2CCc2cncc(c2)Nc2ncc(Cl)c(n2)N3)CC1.O=C(C(=O)C(F)(F)F)C(F)(F)F.O=CC(F)(F)F. The van der Waals surface area contributed by atoms with Crippen molar-refractivity contribution in [1.29, 1.82) is 0 Å². The van der Waals surface area contributed by atoms with Gasteiger partial charge in [-0.3, -0.25) is 24.2 Å². The Labute approximate surface area is 307 Å². The molecule has 1 amide bonds. The van der Waals surface area contributed by atoms with E-state index in [2.05, 4.69) is 61.8 Å². The van der Waals surface area contributed by atoms with E-state index in [1.165, 1.54) is 11.1 Å². The molecule has 11 nitrogen and oxygen atoms in total. The highest BCUT2D eigenvalue weighted by molar-refractivity contribution is 6.41. The number of aryl methyl sites for hydroxylation is 2. The van der Waals surface area contributed by atoms with Crippen LogP contribution in [0.3, 0.4) is 0 Å². The van der Waals surface area contributed by atoms with Gasteiger partial charge < -0.3 is 20.4 Å². The first-order chi connectivity index (χ1) is 25.0. The van der Waals surface area contributed by atoms with E-state index in [9.17, 15) is 53.9 Å². The topological polar surface area (TPSA) is 137 Å². The number of piperidine rings is 1. The van der Waals surface area contributed by atoms with Crippen molar-refractivity contribution < 1.29 is 58.7 Å². The zero-order valence-corrected chi connectivity index (χ0v) is 29.3. The van der Waals surface area contributed by atoms with Gasteiger partial charge in [0.25, 0.3) is 0 Å². The molecule has 294 valence electrons. The lowest BCUT2D eigenvalue weighted by Gasteiger charge is -2.33.